The molecule has 0 atom stereocenters. The van der Waals surface area contributed by atoms with Gasteiger partial charge in [-0.25, -0.2) is 0 Å². The van der Waals surface area contributed by atoms with Crippen molar-refractivity contribution >= 4 is 74.6 Å². The largest absolute Gasteiger partial charge is 0.135 e. The second-order valence-corrected chi connectivity index (χ2v) is 15.9. The Hall–Kier alpha value is -5.76. The fraction of sp³-hybridized carbons (Fsp3) is 0.115. The van der Waals surface area contributed by atoms with Crippen molar-refractivity contribution in [3.8, 4) is 33.4 Å². The lowest BCUT2D eigenvalue weighted by Crippen LogP contribution is -2.06. The Morgan fingerprint density at radius 3 is 1.42 bits per heavy atom. The number of hydrogen-bond donors (Lipinski definition) is 0. The van der Waals surface area contributed by atoms with E-state index in [0.717, 1.165) is 0 Å². The fourth-order valence-corrected chi connectivity index (χ4v) is 11.1. The van der Waals surface area contributed by atoms with Crippen LogP contribution in [0.25, 0.3) is 96.6 Å². The quantitative estimate of drug-likeness (QED) is 0.161. The van der Waals surface area contributed by atoms with Crippen molar-refractivity contribution in [1.82, 2.24) is 0 Å². The molecule has 1 heteroatoms. The van der Waals surface area contributed by atoms with Crippen molar-refractivity contribution < 1.29 is 0 Å². The Balaban J connectivity index is 1.22. The van der Waals surface area contributed by atoms with Crippen LogP contribution >= 0.6 is 11.3 Å². The van der Waals surface area contributed by atoms with Gasteiger partial charge in [0, 0.05) is 25.7 Å². The van der Waals surface area contributed by atoms with Gasteiger partial charge in [0.1, 0.15) is 0 Å². The summed E-state index contributed by atoms with van der Waals surface area (Å²) >= 11 is 1.95. The molecule has 9 aromatic carbocycles. The molecule has 10 aromatic rings. The molecular weight excluding hydrogens is 657 g/mol. The van der Waals surface area contributed by atoms with Crippen LogP contribution in [-0.2, 0) is 0 Å². The molecule has 0 bridgehead atoms. The number of hydrogen-bond acceptors (Lipinski definition) is 1. The van der Waals surface area contributed by atoms with Crippen LogP contribution in [0.4, 0.5) is 0 Å². The van der Waals surface area contributed by atoms with E-state index < -0.39 is 0 Å². The van der Waals surface area contributed by atoms with Gasteiger partial charge in [0.2, 0.25) is 0 Å². The monoisotopic (exact) mass is 694 g/mol. The van der Waals surface area contributed by atoms with Gasteiger partial charge in [-0.05, 0) is 101 Å². The standard InChI is InChI=1S/C52H38S/c1-3-17-33(18-4-1)47-35-21-7-11-25-39(35)49(40-26-12-8-22-36(40)47)43-29-16-32-46-51(43)45-31-15-30-44(52(45)53-46)50-41-27-13-9-23-37(41)48(34-19-5-2-6-20-34)38-24-10-14-28-42(38)50/h2,5-16,19-33H,1,3-4,17-18H2. The van der Waals surface area contributed by atoms with Crippen LogP contribution in [0.1, 0.15) is 43.6 Å². The van der Waals surface area contributed by atoms with E-state index in [1.54, 1.807) is 5.56 Å². The Kier molecular flexibility index (Phi) is 7.23. The zero-order chi connectivity index (χ0) is 34.9. The lowest BCUT2D eigenvalue weighted by Gasteiger charge is -2.27. The van der Waals surface area contributed by atoms with Crippen LogP contribution in [-0.4, -0.2) is 0 Å². The van der Waals surface area contributed by atoms with Crippen molar-refractivity contribution in [2.75, 3.05) is 0 Å². The topological polar surface area (TPSA) is 0 Å². The molecule has 0 amide bonds. The third-order valence-corrected chi connectivity index (χ3v) is 13.2. The Morgan fingerprint density at radius 2 is 0.811 bits per heavy atom. The van der Waals surface area contributed by atoms with E-state index >= 15 is 0 Å². The fourth-order valence-electron chi connectivity index (χ4n) is 9.87. The molecule has 0 nitrogen and oxygen atoms in total. The molecular formula is C52H38S. The van der Waals surface area contributed by atoms with Crippen LogP contribution in [0, 0.1) is 0 Å². The van der Waals surface area contributed by atoms with Gasteiger partial charge < -0.3 is 0 Å². The predicted molar refractivity (Wildman–Crippen MR) is 231 cm³/mol. The molecule has 11 rings (SSSR count). The molecule has 1 aliphatic carbocycles. The molecule has 53 heavy (non-hydrogen) atoms. The minimum atomic E-state index is 0.617. The summed E-state index contributed by atoms with van der Waals surface area (Å²) in [6.07, 6.45) is 6.60. The van der Waals surface area contributed by atoms with E-state index in [4.69, 9.17) is 0 Å². The summed E-state index contributed by atoms with van der Waals surface area (Å²) in [5, 5.41) is 13.5. The zero-order valence-corrected chi connectivity index (χ0v) is 30.4. The molecule has 1 fully saturated rings. The first-order valence-corrected chi connectivity index (χ1v) is 20.0. The van der Waals surface area contributed by atoms with E-state index in [1.807, 2.05) is 11.3 Å². The molecule has 0 radical (unpaired) electrons. The summed E-state index contributed by atoms with van der Waals surface area (Å²) in [4.78, 5) is 0. The van der Waals surface area contributed by atoms with Gasteiger partial charge in [0.15, 0.2) is 0 Å². The maximum atomic E-state index is 2.40. The molecule has 0 spiro atoms. The van der Waals surface area contributed by atoms with Crippen LogP contribution in [0.15, 0.2) is 164 Å². The highest BCUT2D eigenvalue weighted by atomic mass is 32.1. The summed E-state index contributed by atoms with van der Waals surface area (Å²) in [5.74, 6) is 0.617. The highest BCUT2D eigenvalue weighted by Gasteiger charge is 2.25. The van der Waals surface area contributed by atoms with Crippen molar-refractivity contribution in [2.45, 2.75) is 38.0 Å². The first-order valence-electron chi connectivity index (χ1n) is 19.2. The third-order valence-electron chi connectivity index (χ3n) is 12.0. The average molecular weight is 695 g/mol. The molecule has 0 unspecified atom stereocenters. The molecule has 1 saturated carbocycles. The van der Waals surface area contributed by atoms with E-state index in [0.29, 0.717) is 5.92 Å². The molecule has 1 heterocycles. The van der Waals surface area contributed by atoms with Gasteiger partial charge >= 0.3 is 0 Å². The third kappa shape index (κ3) is 4.74. The van der Waals surface area contributed by atoms with Gasteiger partial charge in [-0.15, -0.1) is 11.3 Å². The number of fused-ring (bicyclic) bond motifs is 7. The summed E-state index contributed by atoms with van der Waals surface area (Å²) in [6.45, 7) is 0. The van der Waals surface area contributed by atoms with Gasteiger partial charge in [0.25, 0.3) is 0 Å². The van der Waals surface area contributed by atoms with Gasteiger partial charge in [-0.3, -0.25) is 0 Å². The van der Waals surface area contributed by atoms with E-state index in [-0.39, 0.29) is 0 Å². The van der Waals surface area contributed by atoms with Crippen LogP contribution < -0.4 is 0 Å². The SMILES string of the molecule is c1ccc(-c2c3ccccc3c(-c3cccc4c3sc3cccc(-c5c6ccccc6c(C6CCCCC6)c6ccccc56)c34)c3ccccc23)cc1. The van der Waals surface area contributed by atoms with Crippen LogP contribution in [0.3, 0.4) is 0 Å². The summed E-state index contributed by atoms with van der Waals surface area (Å²) in [5.41, 5.74) is 9.47. The van der Waals surface area contributed by atoms with Gasteiger partial charge in [0.05, 0.1) is 0 Å². The molecule has 252 valence electrons. The minimum absolute atomic E-state index is 0.617. The Bertz CT molecular complexity index is 2920. The lowest BCUT2D eigenvalue weighted by atomic mass is 9.77. The maximum absolute atomic E-state index is 2.40. The average Bonchev–Trinajstić information content (AvgIpc) is 3.62. The van der Waals surface area contributed by atoms with E-state index in [2.05, 4.69) is 164 Å². The second kappa shape index (κ2) is 12.4. The van der Waals surface area contributed by atoms with Crippen LogP contribution in [0.5, 0.6) is 0 Å². The highest BCUT2D eigenvalue weighted by Crippen LogP contribution is 2.51. The highest BCUT2D eigenvalue weighted by molar-refractivity contribution is 7.26. The lowest BCUT2D eigenvalue weighted by molar-refractivity contribution is 0.447. The number of rotatable bonds is 4. The molecule has 1 aliphatic rings. The predicted octanol–water partition coefficient (Wildman–Crippen LogP) is 15.7. The van der Waals surface area contributed by atoms with E-state index in [9.17, 15) is 0 Å². The molecule has 0 N–H and O–H groups in total. The summed E-state index contributed by atoms with van der Waals surface area (Å²) in [7, 11) is 0. The van der Waals surface area contributed by atoms with Crippen molar-refractivity contribution in [1.29, 1.82) is 0 Å². The van der Waals surface area contributed by atoms with Gasteiger partial charge in [-0.2, -0.15) is 0 Å². The molecule has 0 aliphatic heterocycles. The zero-order valence-electron chi connectivity index (χ0n) is 29.6. The van der Waals surface area contributed by atoms with Gasteiger partial charge in [-0.1, -0.05) is 177 Å². The summed E-state index contributed by atoms with van der Waals surface area (Å²) in [6, 6.07) is 61.5. The Labute approximate surface area is 314 Å². The summed E-state index contributed by atoms with van der Waals surface area (Å²) < 4.78 is 2.69. The van der Waals surface area contributed by atoms with Crippen molar-refractivity contribution in [3.63, 3.8) is 0 Å². The van der Waals surface area contributed by atoms with Crippen molar-refractivity contribution in [2.24, 2.45) is 0 Å². The van der Waals surface area contributed by atoms with E-state index in [1.165, 1.54) is 129 Å². The Morgan fingerprint density at radius 1 is 0.358 bits per heavy atom. The smallest absolute Gasteiger partial charge is 0.0434 e. The van der Waals surface area contributed by atoms with Crippen molar-refractivity contribution in [3.05, 3.63) is 169 Å². The second-order valence-electron chi connectivity index (χ2n) is 14.9. The molecule has 0 saturated heterocycles. The molecule has 1 aromatic heterocycles. The minimum Gasteiger partial charge on any atom is -0.135 e. The van der Waals surface area contributed by atoms with Crippen LogP contribution in [0.2, 0.25) is 0 Å². The number of thiophene rings is 1. The first-order chi connectivity index (χ1) is 26.3. The maximum Gasteiger partial charge on any atom is 0.0434 e. The number of benzene rings is 9. The first kappa shape index (κ1) is 30.8. The normalized spacial score (nSPS) is 14.0.